The van der Waals surface area contributed by atoms with Gasteiger partial charge in [-0.3, -0.25) is 14.5 Å². The zero-order chi connectivity index (χ0) is 12.6. The normalized spacial score (nSPS) is 27.6. The van der Waals surface area contributed by atoms with E-state index in [1.54, 1.807) is 6.07 Å². The molecule has 0 spiro atoms. The molecule has 1 saturated heterocycles. The van der Waals surface area contributed by atoms with E-state index in [4.69, 9.17) is 9.47 Å². The highest BCUT2D eigenvalue weighted by atomic mass is 16.8. The molecule has 0 N–H and O–H groups in total. The van der Waals surface area contributed by atoms with E-state index < -0.39 is 18.2 Å². The molecule has 90 valence electrons. The Balaban J connectivity index is 1.98. The maximum absolute atomic E-state index is 11.8. The minimum Gasteiger partial charge on any atom is -0.429 e. The predicted octanol–water partition coefficient (Wildman–Crippen LogP) is 0.480. The Morgan fingerprint density at radius 3 is 2.44 bits per heavy atom. The van der Waals surface area contributed by atoms with E-state index in [9.17, 15) is 14.4 Å². The lowest BCUT2D eigenvalue weighted by atomic mass is 9.96. The number of ether oxygens (including phenoxy) is 2. The van der Waals surface area contributed by atoms with E-state index in [0.717, 1.165) is 4.90 Å². The Labute approximate surface area is 101 Å². The number of esters is 1. The molecule has 4 rings (SSSR count). The minimum atomic E-state index is -0.534. The van der Waals surface area contributed by atoms with Gasteiger partial charge in [0.15, 0.2) is 6.10 Å². The highest BCUT2D eigenvalue weighted by Gasteiger charge is 2.51. The van der Waals surface area contributed by atoms with Crippen LogP contribution in [0.15, 0.2) is 12.1 Å². The van der Waals surface area contributed by atoms with Crippen LogP contribution in [-0.4, -0.2) is 36.0 Å². The molecule has 0 aromatic heterocycles. The summed E-state index contributed by atoms with van der Waals surface area (Å²) in [5.41, 5.74) is 1.51. The van der Waals surface area contributed by atoms with E-state index >= 15 is 0 Å². The number of nitrogens with zero attached hydrogens (tertiary/aromatic N) is 1. The molecule has 2 atom stereocenters. The molecule has 2 unspecified atom stereocenters. The molecule has 0 bridgehead atoms. The SMILES string of the molecule is CN1C(=O)c2cc3c(cc2C1=O)C1OC1OC3=O. The average Bonchev–Trinajstić information content (AvgIpc) is 3.10. The first-order valence-electron chi connectivity index (χ1n) is 5.44. The number of epoxide rings is 1. The predicted molar refractivity (Wildman–Crippen MR) is 55.9 cm³/mol. The van der Waals surface area contributed by atoms with Gasteiger partial charge in [0.05, 0.1) is 16.7 Å². The van der Waals surface area contributed by atoms with Crippen LogP contribution in [-0.2, 0) is 9.47 Å². The van der Waals surface area contributed by atoms with Crippen LogP contribution >= 0.6 is 0 Å². The summed E-state index contributed by atoms with van der Waals surface area (Å²) in [5.74, 6) is -1.26. The number of rotatable bonds is 0. The molecule has 6 heteroatoms. The van der Waals surface area contributed by atoms with Crippen LogP contribution in [0, 0.1) is 0 Å². The second-order valence-electron chi connectivity index (χ2n) is 4.48. The third-order valence-electron chi connectivity index (χ3n) is 3.46. The summed E-state index contributed by atoms with van der Waals surface area (Å²) in [5, 5.41) is 0. The third-order valence-corrected chi connectivity index (χ3v) is 3.46. The summed E-state index contributed by atoms with van der Waals surface area (Å²) in [7, 11) is 1.42. The molecule has 18 heavy (non-hydrogen) atoms. The molecule has 0 radical (unpaired) electrons. The van der Waals surface area contributed by atoms with Crippen molar-refractivity contribution in [2.75, 3.05) is 7.05 Å². The molecule has 3 aliphatic rings. The highest BCUT2D eigenvalue weighted by molar-refractivity contribution is 6.22. The lowest BCUT2D eigenvalue weighted by molar-refractivity contribution is 0.0291. The summed E-state index contributed by atoms with van der Waals surface area (Å²) in [6.45, 7) is 0. The molecule has 0 aliphatic carbocycles. The van der Waals surface area contributed by atoms with E-state index in [1.807, 2.05) is 0 Å². The van der Waals surface area contributed by atoms with Gasteiger partial charge in [-0.1, -0.05) is 0 Å². The molecule has 6 nitrogen and oxygen atoms in total. The Morgan fingerprint density at radius 2 is 1.72 bits per heavy atom. The summed E-state index contributed by atoms with van der Waals surface area (Å²) < 4.78 is 10.1. The van der Waals surface area contributed by atoms with Gasteiger partial charge < -0.3 is 9.47 Å². The van der Waals surface area contributed by atoms with Gasteiger partial charge in [0.25, 0.3) is 11.8 Å². The first-order chi connectivity index (χ1) is 8.58. The van der Waals surface area contributed by atoms with Gasteiger partial charge >= 0.3 is 5.97 Å². The first kappa shape index (κ1) is 9.78. The zero-order valence-electron chi connectivity index (χ0n) is 9.30. The van der Waals surface area contributed by atoms with E-state index in [-0.39, 0.29) is 17.6 Å². The molecule has 2 amide bonds. The van der Waals surface area contributed by atoms with Crippen molar-refractivity contribution in [2.45, 2.75) is 12.4 Å². The second-order valence-corrected chi connectivity index (χ2v) is 4.48. The van der Waals surface area contributed by atoms with Gasteiger partial charge in [-0.2, -0.15) is 0 Å². The van der Waals surface area contributed by atoms with E-state index in [1.165, 1.54) is 13.1 Å². The van der Waals surface area contributed by atoms with Gasteiger partial charge in [0.2, 0.25) is 6.29 Å². The number of benzene rings is 1. The van der Waals surface area contributed by atoms with Crippen molar-refractivity contribution in [3.63, 3.8) is 0 Å². The van der Waals surface area contributed by atoms with Gasteiger partial charge in [-0.15, -0.1) is 0 Å². The molecule has 3 aliphatic heterocycles. The Morgan fingerprint density at radius 1 is 1.06 bits per heavy atom. The average molecular weight is 245 g/mol. The lowest BCUT2D eigenvalue weighted by Crippen LogP contribution is -2.24. The maximum Gasteiger partial charge on any atom is 0.340 e. The van der Waals surface area contributed by atoms with Crippen molar-refractivity contribution in [3.05, 3.63) is 34.4 Å². The monoisotopic (exact) mass is 245 g/mol. The Bertz CT molecular complexity index is 650. The zero-order valence-corrected chi connectivity index (χ0v) is 9.30. The fourth-order valence-corrected chi connectivity index (χ4v) is 2.41. The number of hydrogen-bond donors (Lipinski definition) is 0. The van der Waals surface area contributed by atoms with Crippen LogP contribution in [0.25, 0.3) is 0 Å². The lowest BCUT2D eigenvalue weighted by Gasteiger charge is -2.12. The highest BCUT2D eigenvalue weighted by Crippen LogP contribution is 2.46. The minimum absolute atomic E-state index is 0.248. The van der Waals surface area contributed by atoms with Crippen molar-refractivity contribution in [1.82, 2.24) is 4.90 Å². The number of imide groups is 1. The van der Waals surface area contributed by atoms with Crippen LogP contribution in [0.4, 0.5) is 0 Å². The molecule has 0 saturated carbocycles. The van der Waals surface area contributed by atoms with Gasteiger partial charge in [0.1, 0.15) is 0 Å². The van der Waals surface area contributed by atoms with Crippen LogP contribution in [0.2, 0.25) is 0 Å². The smallest absolute Gasteiger partial charge is 0.340 e. The van der Waals surface area contributed by atoms with Gasteiger partial charge in [-0.05, 0) is 12.1 Å². The molecule has 1 fully saturated rings. The molecular formula is C12H7NO5. The van der Waals surface area contributed by atoms with E-state index in [2.05, 4.69) is 0 Å². The Kier molecular flexibility index (Phi) is 1.51. The summed E-state index contributed by atoms with van der Waals surface area (Å²) in [6, 6.07) is 2.99. The van der Waals surface area contributed by atoms with Crippen LogP contribution < -0.4 is 0 Å². The van der Waals surface area contributed by atoms with Crippen molar-refractivity contribution in [3.8, 4) is 0 Å². The molecular weight excluding hydrogens is 238 g/mol. The Hall–Kier alpha value is -2.21. The number of carbonyl (C=O) groups is 3. The third kappa shape index (κ3) is 0.988. The van der Waals surface area contributed by atoms with Gasteiger partial charge in [0, 0.05) is 12.6 Å². The number of hydrogen-bond acceptors (Lipinski definition) is 5. The molecule has 1 aromatic rings. The quantitative estimate of drug-likeness (QED) is 0.377. The van der Waals surface area contributed by atoms with Crippen molar-refractivity contribution in [1.29, 1.82) is 0 Å². The topological polar surface area (TPSA) is 76.2 Å². The van der Waals surface area contributed by atoms with E-state index in [0.29, 0.717) is 16.7 Å². The largest absolute Gasteiger partial charge is 0.429 e. The molecule has 1 aromatic carbocycles. The van der Waals surface area contributed by atoms with Crippen LogP contribution in [0.1, 0.15) is 42.7 Å². The van der Waals surface area contributed by atoms with Crippen molar-refractivity contribution >= 4 is 17.8 Å². The summed E-state index contributed by atoms with van der Waals surface area (Å²) in [6.07, 6.45) is -0.829. The number of carbonyl (C=O) groups excluding carboxylic acids is 3. The van der Waals surface area contributed by atoms with Crippen LogP contribution in [0.5, 0.6) is 0 Å². The van der Waals surface area contributed by atoms with Crippen molar-refractivity contribution in [2.24, 2.45) is 0 Å². The fourth-order valence-electron chi connectivity index (χ4n) is 2.41. The number of amides is 2. The summed E-state index contributed by atoms with van der Waals surface area (Å²) in [4.78, 5) is 36.4. The summed E-state index contributed by atoms with van der Waals surface area (Å²) >= 11 is 0. The molecule has 3 heterocycles. The number of fused-ring (bicyclic) bond motifs is 4. The maximum atomic E-state index is 11.8. The second kappa shape index (κ2) is 2.78. The standard InChI is InChI=1S/C12H7NO5/c1-13-9(14)5-2-4-7(3-6(5)10(13)15)11(16)18-12-8(4)17-12/h2-3,8,12H,1H3. The first-order valence-corrected chi connectivity index (χ1v) is 5.44. The van der Waals surface area contributed by atoms with Gasteiger partial charge in [-0.25, -0.2) is 4.79 Å². The van der Waals surface area contributed by atoms with Crippen LogP contribution in [0.3, 0.4) is 0 Å². The van der Waals surface area contributed by atoms with Crippen molar-refractivity contribution < 1.29 is 23.9 Å². The fraction of sp³-hybridized carbons (Fsp3) is 0.250.